The molecule has 4 heteroatoms. The summed E-state index contributed by atoms with van der Waals surface area (Å²) in [6.07, 6.45) is 53.1. The van der Waals surface area contributed by atoms with E-state index in [0.29, 0.717) is 0 Å². The van der Waals surface area contributed by atoms with Crippen LogP contribution < -0.4 is 0 Å². The molecule has 2 nitrogen and oxygen atoms in total. The van der Waals surface area contributed by atoms with Crippen LogP contribution in [0.1, 0.15) is 292 Å². The Morgan fingerprint density at radius 3 is 1.16 bits per heavy atom. The number of rotatable bonds is 40. The quantitative estimate of drug-likeness (QED) is 0.0415. The van der Waals surface area contributed by atoms with Crippen molar-refractivity contribution in [1.82, 2.24) is 9.97 Å². The Balaban J connectivity index is 1.04. The monoisotopic (exact) mass is 949 g/mol. The zero-order chi connectivity index (χ0) is 47.4. The Morgan fingerprint density at radius 1 is 0.388 bits per heavy atom. The minimum Gasteiger partial charge on any atom is -0.238 e. The average molecular weight is 950 g/mol. The zero-order valence-corrected chi connectivity index (χ0v) is 46.2. The number of aryl methyl sites for hydroxylation is 4. The molecule has 1 aliphatic carbocycles. The van der Waals surface area contributed by atoms with Gasteiger partial charge in [0.15, 0.2) is 10.0 Å². The van der Waals surface area contributed by atoms with E-state index in [4.69, 9.17) is 9.97 Å². The number of fused-ring (bicyclic) bond motifs is 3. The molecule has 2 heterocycles. The highest BCUT2D eigenvalue weighted by atomic mass is 32.1. The maximum Gasteiger partial charge on any atom is 0.153 e. The second-order valence-corrected chi connectivity index (χ2v) is 24.0. The van der Waals surface area contributed by atoms with E-state index in [1.165, 1.54) is 286 Å². The number of hydrogen-bond acceptors (Lipinski definition) is 4. The third-order valence-corrected chi connectivity index (χ3v) is 17.7. The summed E-state index contributed by atoms with van der Waals surface area (Å²) >= 11 is 3.77. The molecule has 0 fully saturated rings. The van der Waals surface area contributed by atoms with E-state index in [-0.39, 0.29) is 5.41 Å². The molecule has 0 amide bonds. The summed E-state index contributed by atoms with van der Waals surface area (Å²) in [5.74, 6) is 0. The van der Waals surface area contributed by atoms with Crippen molar-refractivity contribution in [3.8, 4) is 31.6 Å². The van der Waals surface area contributed by atoms with Crippen molar-refractivity contribution in [2.24, 2.45) is 0 Å². The predicted molar refractivity (Wildman–Crippen MR) is 301 cm³/mol. The first-order chi connectivity index (χ1) is 32.8. The Kier molecular flexibility index (Phi) is 27.0. The van der Waals surface area contributed by atoms with E-state index in [1.54, 1.807) is 0 Å². The van der Waals surface area contributed by atoms with Crippen LogP contribution in [0.25, 0.3) is 31.6 Å². The number of nitrogens with zero attached hydrogens (tertiary/aromatic N) is 2. The molecule has 5 rings (SSSR count). The van der Waals surface area contributed by atoms with Crippen LogP contribution >= 0.6 is 22.7 Å². The summed E-state index contributed by atoms with van der Waals surface area (Å²) in [6, 6.07) is 14.3. The van der Waals surface area contributed by atoms with E-state index in [2.05, 4.69) is 77.9 Å². The topological polar surface area (TPSA) is 25.8 Å². The minimum atomic E-state index is -0.0128. The molecule has 0 N–H and O–H groups in total. The van der Waals surface area contributed by atoms with Crippen molar-refractivity contribution in [1.29, 1.82) is 0 Å². The van der Waals surface area contributed by atoms with Crippen LogP contribution in [0.5, 0.6) is 0 Å². The second kappa shape index (κ2) is 32.6. The van der Waals surface area contributed by atoms with Crippen LogP contribution in [0.2, 0.25) is 0 Å². The van der Waals surface area contributed by atoms with E-state index in [0.717, 1.165) is 22.9 Å². The maximum atomic E-state index is 5.46. The Labute approximate surface area is 422 Å². The molecule has 2 aromatic heterocycles. The fraction of sp³-hybridized carbons (Fsp3) is 0.714. The molecule has 0 unspecified atom stereocenters. The van der Waals surface area contributed by atoms with Crippen molar-refractivity contribution in [3.63, 3.8) is 0 Å². The molecule has 0 spiro atoms. The smallest absolute Gasteiger partial charge is 0.153 e. The Bertz CT molecular complexity index is 1910. The fourth-order valence-corrected chi connectivity index (χ4v) is 13.1. The van der Waals surface area contributed by atoms with Crippen molar-refractivity contribution in [2.75, 3.05) is 0 Å². The third kappa shape index (κ3) is 19.4. The normalized spacial score (nSPS) is 12.9. The molecule has 0 saturated heterocycles. The third-order valence-electron chi connectivity index (χ3n) is 15.4. The number of thiazole rings is 2. The average Bonchev–Trinajstić information content (AvgIpc) is 3.99. The van der Waals surface area contributed by atoms with Gasteiger partial charge in [-0.2, -0.15) is 0 Å². The summed E-state index contributed by atoms with van der Waals surface area (Å²) in [6.45, 7) is 14.0. The lowest BCUT2D eigenvalue weighted by atomic mass is 9.81. The highest BCUT2D eigenvalue weighted by Gasteiger charge is 2.36. The van der Waals surface area contributed by atoms with Crippen molar-refractivity contribution < 1.29 is 0 Å². The van der Waals surface area contributed by atoms with E-state index in [1.807, 2.05) is 22.7 Å². The minimum absolute atomic E-state index is 0.0128. The van der Waals surface area contributed by atoms with E-state index >= 15 is 0 Å². The van der Waals surface area contributed by atoms with Gasteiger partial charge in [0.1, 0.15) is 0 Å². The van der Waals surface area contributed by atoms with Crippen molar-refractivity contribution >= 4 is 22.7 Å². The van der Waals surface area contributed by atoms with Gasteiger partial charge in [0.05, 0.1) is 16.3 Å². The van der Waals surface area contributed by atoms with E-state index in [9.17, 15) is 0 Å². The van der Waals surface area contributed by atoms with Gasteiger partial charge in [-0.15, -0.1) is 22.7 Å². The number of benzene rings is 2. The molecule has 67 heavy (non-hydrogen) atoms. The molecule has 1 aliphatic rings. The summed E-state index contributed by atoms with van der Waals surface area (Å²) in [5.41, 5.74) is 11.0. The first-order valence-corrected chi connectivity index (χ1v) is 30.7. The summed E-state index contributed by atoms with van der Waals surface area (Å²) in [4.78, 5) is 13.5. The highest BCUT2D eigenvalue weighted by Crippen LogP contribution is 2.51. The second-order valence-electron chi connectivity index (χ2n) is 21.8. The molecule has 0 aliphatic heterocycles. The zero-order valence-electron chi connectivity index (χ0n) is 44.5. The standard InChI is InChI=1S/C63H100N2S2/c1-7-9-11-13-15-17-19-21-23-25-27-29-31-33-35-37-39-41-43-58-52(4)66-61(64-58)62-65-59(44-42-40-38-36-34-32-30-28-26-24-22-20-18-16-14-12-10-8-2)60(67-62)53-46-48-55-54-47-45-51(3)49-56(54)63(5,6)57(55)50-53/h45-50H,7-44H2,1-6H3. The largest absolute Gasteiger partial charge is 0.238 e. The fourth-order valence-electron chi connectivity index (χ4n) is 11.0. The van der Waals surface area contributed by atoms with Gasteiger partial charge < -0.3 is 0 Å². The Hall–Kier alpha value is -2.30. The van der Waals surface area contributed by atoms with Crippen LogP contribution in [0, 0.1) is 13.8 Å². The molecule has 2 aromatic carbocycles. The lowest BCUT2D eigenvalue weighted by Crippen LogP contribution is -2.15. The van der Waals surface area contributed by atoms with Crippen LogP contribution in [-0.2, 0) is 18.3 Å². The highest BCUT2D eigenvalue weighted by molar-refractivity contribution is 7.23. The number of hydrogen-bond donors (Lipinski definition) is 0. The molecule has 4 aromatic rings. The van der Waals surface area contributed by atoms with Gasteiger partial charge in [-0.25, -0.2) is 9.97 Å². The van der Waals surface area contributed by atoms with Gasteiger partial charge >= 0.3 is 0 Å². The van der Waals surface area contributed by atoms with Gasteiger partial charge in [0.25, 0.3) is 0 Å². The maximum absolute atomic E-state index is 5.46. The summed E-state index contributed by atoms with van der Waals surface area (Å²) in [7, 11) is 0. The van der Waals surface area contributed by atoms with Gasteiger partial charge in [-0.1, -0.05) is 282 Å². The molecular formula is C63H100N2S2. The molecule has 0 atom stereocenters. The predicted octanol–water partition coefficient (Wildman–Crippen LogP) is 22.0. The van der Waals surface area contributed by atoms with Crippen molar-refractivity contribution in [3.05, 3.63) is 69.4 Å². The lowest BCUT2D eigenvalue weighted by molar-refractivity contribution is 0.525. The number of unbranched alkanes of at least 4 members (excludes halogenated alkanes) is 34. The first kappa shape index (κ1) is 55.6. The number of aromatic nitrogens is 2. The van der Waals surface area contributed by atoms with Gasteiger partial charge in [0.2, 0.25) is 0 Å². The lowest BCUT2D eigenvalue weighted by Gasteiger charge is -2.22. The van der Waals surface area contributed by atoms with Crippen LogP contribution in [0.3, 0.4) is 0 Å². The van der Waals surface area contributed by atoms with Crippen LogP contribution in [-0.4, -0.2) is 9.97 Å². The first-order valence-electron chi connectivity index (χ1n) is 29.1. The molecule has 374 valence electrons. The molecule has 0 saturated carbocycles. The van der Waals surface area contributed by atoms with Crippen molar-refractivity contribution in [2.45, 2.75) is 291 Å². The van der Waals surface area contributed by atoms with Gasteiger partial charge in [-0.3, -0.25) is 0 Å². The molecular weight excluding hydrogens is 849 g/mol. The molecule has 0 bridgehead atoms. The van der Waals surface area contributed by atoms with Crippen LogP contribution in [0.15, 0.2) is 36.4 Å². The summed E-state index contributed by atoms with van der Waals surface area (Å²) in [5, 5.41) is 2.26. The van der Waals surface area contributed by atoms with Gasteiger partial charge in [0, 0.05) is 10.3 Å². The Morgan fingerprint density at radius 2 is 0.731 bits per heavy atom. The SMILES string of the molecule is CCCCCCCCCCCCCCCCCCCCc1nc(-c2nc(CCCCCCCCCCCCCCCCCCCC)c(-c3ccc4c(c3)C(C)(C)c3cc(C)ccc3-4)s2)sc1C. The van der Waals surface area contributed by atoms with Crippen LogP contribution in [0.4, 0.5) is 0 Å². The van der Waals surface area contributed by atoms with E-state index < -0.39 is 0 Å². The molecule has 0 radical (unpaired) electrons. The van der Waals surface area contributed by atoms with Gasteiger partial charge in [-0.05, 0) is 73.4 Å². The summed E-state index contributed by atoms with van der Waals surface area (Å²) < 4.78 is 0.